The van der Waals surface area contributed by atoms with Crippen molar-refractivity contribution in [2.24, 2.45) is 5.92 Å². The van der Waals surface area contributed by atoms with Crippen molar-refractivity contribution in [1.29, 1.82) is 0 Å². The van der Waals surface area contributed by atoms with Gasteiger partial charge in [0.25, 0.3) is 0 Å². The van der Waals surface area contributed by atoms with E-state index in [0.29, 0.717) is 6.54 Å². The van der Waals surface area contributed by atoms with Crippen LogP contribution in [0.15, 0.2) is 0 Å². The first kappa shape index (κ1) is 13.4. The molecular formula is C11H19NO3S. The largest absolute Gasteiger partial charge is 0.480 e. The van der Waals surface area contributed by atoms with E-state index in [1.54, 1.807) is 0 Å². The van der Waals surface area contributed by atoms with Crippen LogP contribution in [0.3, 0.4) is 0 Å². The lowest BCUT2D eigenvalue weighted by atomic mass is 10.0. The van der Waals surface area contributed by atoms with E-state index in [1.807, 2.05) is 18.7 Å². The van der Waals surface area contributed by atoms with Gasteiger partial charge in [0, 0.05) is 12.5 Å². The highest BCUT2D eigenvalue weighted by Crippen LogP contribution is 2.24. The molecule has 92 valence electrons. The van der Waals surface area contributed by atoms with E-state index < -0.39 is 5.97 Å². The SMILES string of the molecule is CCCN(CC(=O)O)C(=O)C1CCSCC1. The van der Waals surface area contributed by atoms with Gasteiger partial charge in [-0.1, -0.05) is 6.92 Å². The van der Waals surface area contributed by atoms with Crippen molar-refractivity contribution < 1.29 is 14.7 Å². The molecule has 1 amide bonds. The number of aliphatic carboxylic acids is 1. The number of thioether (sulfide) groups is 1. The number of carboxylic acid groups (broad SMARTS) is 1. The zero-order valence-electron chi connectivity index (χ0n) is 9.65. The minimum atomic E-state index is -0.924. The molecule has 0 aromatic carbocycles. The maximum Gasteiger partial charge on any atom is 0.323 e. The Morgan fingerprint density at radius 3 is 2.50 bits per heavy atom. The van der Waals surface area contributed by atoms with Crippen LogP contribution < -0.4 is 0 Å². The number of carboxylic acids is 1. The fourth-order valence-electron chi connectivity index (χ4n) is 1.90. The number of nitrogens with zero attached hydrogens (tertiary/aromatic N) is 1. The standard InChI is InChI=1S/C11H19NO3S/c1-2-5-12(8-10(13)14)11(15)9-3-6-16-7-4-9/h9H,2-8H2,1H3,(H,13,14). The van der Waals surface area contributed by atoms with Crippen LogP contribution in [0.4, 0.5) is 0 Å². The molecular weight excluding hydrogens is 226 g/mol. The molecule has 4 nitrogen and oxygen atoms in total. The molecule has 0 aliphatic carbocycles. The molecule has 5 heteroatoms. The van der Waals surface area contributed by atoms with E-state index >= 15 is 0 Å². The molecule has 1 rings (SSSR count). The smallest absolute Gasteiger partial charge is 0.323 e. The second-order valence-corrected chi connectivity index (χ2v) is 5.26. The molecule has 0 aromatic heterocycles. The Labute approximate surface area is 100 Å². The highest BCUT2D eigenvalue weighted by Gasteiger charge is 2.26. The van der Waals surface area contributed by atoms with Gasteiger partial charge in [-0.3, -0.25) is 9.59 Å². The molecule has 0 unspecified atom stereocenters. The Bertz CT molecular complexity index is 252. The summed E-state index contributed by atoms with van der Waals surface area (Å²) in [6.45, 7) is 2.35. The van der Waals surface area contributed by atoms with Crippen LogP contribution in [0, 0.1) is 5.92 Å². The van der Waals surface area contributed by atoms with Crippen molar-refractivity contribution in [3.8, 4) is 0 Å². The minimum Gasteiger partial charge on any atom is -0.480 e. The summed E-state index contributed by atoms with van der Waals surface area (Å²) in [5.41, 5.74) is 0. The van der Waals surface area contributed by atoms with Gasteiger partial charge in [0.2, 0.25) is 5.91 Å². The van der Waals surface area contributed by atoms with E-state index in [2.05, 4.69) is 0 Å². The van der Waals surface area contributed by atoms with Gasteiger partial charge in [0.15, 0.2) is 0 Å². The summed E-state index contributed by atoms with van der Waals surface area (Å²) in [5, 5.41) is 8.76. The molecule has 1 fully saturated rings. The zero-order chi connectivity index (χ0) is 12.0. The van der Waals surface area contributed by atoms with Crippen molar-refractivity contribution in [3.63, 3.8) is 0 Å². The van der Waals surface area contributed by atoms with Gasteiger partial charge in [-0.05, 0) is 30.8 Å². The van der Waals surface area contributed by atoms with Crippen LogP contribution in [0.1, 0.15) is 26.2 Å². The molecule has 0 saturated carbocycles. The van der Waals surface area contributed by atoms with Crippen molar-refractivity contribution in [2.45, 2.75) is 26.2 Å². The summed E-state index contributed by atoms with van der Waals surface area (Å²) in [6, 6.07) is 0. The van der Waals surface area contributed by atoms with E-state index in [0.717, 1.165) is 30.8 Å². The number of carbonyl (C=O) groups excluding carboxylic acids is 1. The van der Waals surface area contributed by atoms with Crippen LogP contribution in [0.5, 0.6) is 0 Å². The summed E-state index contributed by atoms with van der Waals surface area (Å²) in [5.74, 6) is 1.19. The lowest BCUT2D eigenvalue weighted by Crippen LogP contribution is -2.41. The molecule has 16 heavy (non-hydrogen) atoms. The third kappa shape index (κ3) is 4.04. The van der Waals surface area contributed by atoms with E-state index in [1.165, 1.54) is 4.90 Å². The lowest BCUT2D eigenvalue weighted by Gasteiger charge is -2.27. The molecule has 1 saturated heterocycles. The maximum atomic E-state index is 12.1. The van der Waals surface area contributed by atoms with Gasteiger partial charge < -0.3 is 10.0 Å². The Morgan fingerprint density at radius 1 is 1.38 bits per heavy atom. The molecule has 1 N–H and O–H groups in total. The van der Waals surface area contributed by atoms with E-state index in [9.17, 15) is 9.59 Å². The highest BCUT2D eigenvalue weighted by atomic mass is 32.2. The summed E-state index contributed by atoms with van der Waals surface area (Å²) in [4.78, 5) is 24.2. The van der Waals surface area contributed by atoms with Crippen LogP contribution in [-0.2, 0) is 9.59 Å². The second-order valence-electron chi connectivity index (χ2n) is 4.04. The monoisotopic (exact) mass is 245 g/mol. The zero-order valence-corrected chi connectivity index (χ0v) is 10.5. The number of amides is 1. The van der Waals surface area contributed by atoms with Crippen LogP contribution in [0.2, 0.25) is 0 Å². The summed E-state index contributed by atoms with van der Waals surface area (Å²) >= 11 is 1.87. The van der Waals surface area contributed by atoms with Crippen molar-refractivity contribution in [1.82, 2.24) is 4.90 Å². The lowest BCUT2D eigenvalue weighted by molar-refractivity contribution is -0.146. The Balaban J connectivity index is 2.54. The average molecular weight is 245 g/mol. The summed E-state index contributed by atoms with van der Waals surface area (Å²) in [7, 11) is 0. The second kappa shape index (κ2) is 6.78. The van der Waals surface area contributed by atoms with Gasteiger partial charge >= 0.3 is 5.97 Å². The fourth-order valence-corrected chi connectivity index (χ4v) is 3.01. The van der Waals surface area contributed by atoms with Crippen LogP contribution in [0.25, 0.3) is 0 Å². The van der Waals surface area contributed by atoms with Gasteiger partial charge in [-0.2, -0.15) is 11.8 Å². The third-order valence-corrected chi connectivity index (χ3v) is 3.75. The quantitative estimate of drug-likeness (QED) is 0.796. The Morgan fingerprint density at radius 2 is 2.00 bits per heavy atom. The van der Waals surface area contributed by atoms with Crippen molar-refractivity contribution in [2.75, 3.05) is 24.6 Å². The minimum absolute atomic E-state index is 0.0320. The topological polar surface area (TPSA) is 57.6 Å². The normalized spacial score (nSPS) is 17.1. The van der Waals surface area contributed by atoms with E-state index in [-0.39, 0.29) is 18.4 Å². The van der Waals surface area contributed by atoms with E-state index in [4.69, 9.17) is 5.11 Å². The molecule has 0 aromatic rings. The third-order valence-electron chi connectivity index (χ3n) is 2.70. The maximum absolute atomic E-state index is 12.1. The number of carbonyl (C=O) groups is 2. The first-order chi connectivity index (χ1) is 7.65. The number of hydrogen-bond acceptors (Lipinski definition) is 3. The fraction of sp³-hybridized carbons (Fsp3) is 0.818. The predicted molar refractivity (Wildman–Crippen MR) is 64.6 cm³/mol. The van der Waals surface area contributed by atoms with Gasteiger partial charge in [0.1, 0.15) is 6.54 Å². The Kier molecular flexibility index (Phi) is 5.66. The van der Waals surface area contributed by atoms with Crippen molar-refractivity contribution in [3.05, 3.63) is 0 Å². The molecule has 1 heterocycles. The van der Waals surface area contributed by atoms with Gasteiger partial charge in [0.05, 0.1) is 0 Å². The average Bonchev–Trinajstić information content (AvgIpc) is 2.28. The van der Waals surface area contributed by atoms with Crippen LogP contribution in [-0.4, -0.2) is 46.5 Å². The number of rotatable bonds is 5. The Hall–Kier alpha value is -0.710. The van der Waals surface area contributed by atoms with Gasteiger partial charge in [-0.15, -0.1) is 0 Å². The molecule has 0 atom stereocenters. The van der Waals surface area contributed by atoms with Crippen molar-refractivity contribution >= 4 is 23.6 Å². The first-order valence-corrected chi connectivity index (χ1v) is 6.89. The number of hydrogen-bond donors (Lipinski definition) is 1. The molecule has 1 aliphatic rings. The highest BCUT2D eigenvalue weighted by molar-refractivity contribution is 7.99. The summed E-state index contributed by atoms with van der Waals surface area (Å²) < 4.78 is 0. The summed E-state index contributed by atoms with van der Waals surface area (Å²) in [6.07, 6.45) is 2.59. The predicted octanol–water partition coefficient (Wildman–Crippen LogP) is 1.45. The molecule has 1 aliphatic heterocycles. The molecule has 0 bridgehead atoms. The van der Waals surface area contributed by atoms with Gasteiger partial charge in [-0.25, -0.2) is 0 Å². The first-order valence-electron chi connectivity index (χ1n) is 5.73. The van der Waals surface area contributed by atoms with Crippen LogP contribution >= 0.6 is 11.8 Å². The molecule has 0 radical (unpaired) electrons. The molecule has 0 spiro atoms.